The summed E-state index contributed by atoms with van der Waals surface area (Å²) in [5, 5.41) is 2.65. The van der Waals surface area contributed by atoms with Gasteiger partial charge in [0.2, 0.25) is 0 Å². The highest BCUT2D eigenvalue weighted by Crippen LogP contribution is 2.19. The van der Waals surface area contributed by atoms with E-state index in [1.165, 1.54) is 12.3 Å². The van der Waals surface area contributed by atoms with Crippen LogP contribution in [0.4, 0.5) is 10.2 Å². The number of rotatable bonds is 8. The van der Waals surface area contributed by atoms with Gasteiger partial charge in [0, 0.05) is 32.9 Å². The van der Waals surface area contributed by atoms with Gasteiger partial charge in [-0.1, -0.05) is 13.8 Å². The van der Waals surface area contributed by atoms with Gasteiger partial charge >= 0.3 is 0 Å². The minimum atomic E-state index is -0.613. The van der Waals surface area contributed by atoms with Crippen molar-refractivity contribution in [1.82, 2.24) is 9.88 Å². The Hall–Kier alpha value is -1.69. The van der Waals surface area contributed by atoms with Gasteiger partial charge in [-0.15, -0.1) is 0 Å². The molecule has 21 heavy (non-hydrogen) atoms. The number of anilines is 1. The van der Waals surface area contributed by atoms with E-state index in [4.69, 9.17) is 4.74 Å². The maximum atomic E-state index is 14.3. The molecule has 6 heteroatoms. The number of aromatic nitrogens is 1. The number of pyridine rings is 1. The summed E-state index contributed by atoms with van der Waals surface area (Å²) in [6.07, 6.45) is 3.07. The summed E-state index contributed by atoms with van der Waals surface area (Å²) < 4.78 is 19.3. The van der Waals surface area contributed by atoms with Crippen molar-refractivity contribution in [2.45, 2.75) is 32.7 Å². The summed E-state index contributed by atoms with van der Waals surface area (Å²) >= 11 is 0. The maximum absolute atomic E-state index is 14.3. The Bertz CT molecular complexity index is 464. The van der Waals surface area contributed by atoms with E-state index in [0.717, 1.165) is 12.8 Å². The molecule has 1 N–H and O–H groups in total. The summed E-state index contributed by atoms with van der Waals surface area (Å²) in [7, 11) is 3.16. The number of nitrogens with zero attached hydrogens (tertiary/aromatic N) is 2. The Kier molecular flexibility index (Phi) is 7.08. The Morgan fingerprint density at radius 1 is 1.48 bits per heavy atom. The lowest BCUT2D eigenvalue weighted by Crippen LogP contribution is -2.42. The monoisotopic (exact) mass is 297 g/mol. The summed E-state index contributed by atoms with van der Waals surface area (Å²) in [4.78, 5) is 18.2. The second kappa shape index (κ2) is 8.56. The normalized spacial score (nSPS) is 10.8. The standard InChI is InChI=1S/C15H24FN3O2/c1-5-11(6-2)19(9-10-21-4)15(20)12-7-8-18-14(17-3)13(12)16/h7-8,11H,5-6,9-10H2,1-4H3,(H,17,18). The van der Waals surface area contributed by atoms with Crippen molar-refractivity contribution in [3.8, 4) is 0 Å². The van der Waals surface area contributed by atoms with Crippen LogP contribution >= 0.6 is 0 Å². The Morgan fingerprint density at radius 3 is 2.67 bits per heavy atom. The number of methoxy groups -OCH3 is 1. The molecule has 1 aromatic rings. The molecule has 0 aromatic carbocycles. The quantitative estimate of drug-likeness (QED) is 0.801. The minimum absolute atomic E-state index is 0.0392. The van der Waals surface area contributed by atoms with E-state index < -0.39 is 5.82 Å². The molecule has 0 saturated heterocycles. The summed E-state index contributed by atoms with van der Waals surface area (Å²) in [6, 6.07) is 1.49. The third-order valence-electron chi connectivity index (χ3n) is 3.54. The summed E-state index contributed by atoms with van der Waals surface area (Å²) in [5.41, 5.74) is 0.0392. The third kappa shape index (κ3) is 4.14. The first-order chi connectivity index (χ1) is 10.1. The van der Waals surface area contributed by atoms with Crippen LogP contribution in [0.1, 0.15) is 37.0 Å². The van der Waals surface area contributed by atoms with Gasteiger partial charge in [-0.2, -0.15) is 0 Å². The molecule has 0 unspecified atom stereocenters. The van der Waals surface area contributed by atoms with Crippen molar-refractivity contribution in [2.75, 3.05) is 32.6 Å². The number of carbonyl (C=O) groups is 1. The molecule has 0 bridgehead atoms. The highest BCUT2D eigenvalue weighted by atomic mass is 19.1. The molecule has 1 aromatic heterocycles. The van der Waals surface area contributed by atoms with Crippen LogP contribution in [-0.2, 0) is 4.74 Å². The molecule has 0 aliphatic heterocycles. The van der Waals surface area contributed by atoms with Gasteiger partial charge in [0.15, 0.2) is 11.6 Å². The molecule has 1 amide bonds. The molecule has 118 valence electrons. The number of ether oxygens (including phenoxy) is 1. The zero-order chi connectivity index (χ0) is 15.8. The molecule has 0 saturated carbocycles. The van der Waals surface area contributed by atoms with Crippen LogP contribution < -0.4 is 5.32 Å². The van der Waals surface area contributed by atoms with E-state index in [1.807, 2.05) is 13.8 Å². The molecule has 0 aliphatic carbocycles. The molecular weight excluding hydrogens is 273 g/mol. The van der Waals surface area contributed by atoms with Gasteiger partial charge in [0.25, 0.3) is 5.91 Å². The molecule has 1 heterocycles. The van der Waals surface area contributed by atoms with Crippen molar-refractivity contribution in [3.05, 3.63) is 23.6 Å². The first kappa shape index (κ1) is 17.4. The number of hydrogen-bond acceptors (Lipinski definition) is 4. The SMILES string of the molecule is CCC(CC)N(CCOC)C(=O)c1ccnc(NC)c1F. The highest BCUT2D eigenvalue weighted by molar-refractivity contribution is 5.95. The average molecular weight is 297 g/mol. The van der Waals surface area contributed by atoms with Gasteiger partial charge in [-0.3, -0.25) is 4.79 Å². The van der Waals surface area contributed by atoms with E-state index >= 15 is 0 Å². The van der Waals surface area contributed by atoms with E-state index in [2.05, 4.69) is 10.3 Å². The van der Waals surface area contributed by atoms with Crippen molar-refractivity contribution >= 4 is 11.7 Å². The first-order valence-corrected chi connectivity index (χ1v) is 7.22. The zero-order valence-corrected chi connectivity index (χ0v) is 13.1. The van der Waals surface area contributed by atoms with Crippen molar-refractivity contribution < 1.29 is 13.9 Å². The number of hydrogen-bond donors (Lipinski definition) is 1. The Labute approximate surface area is 125 Å². The Morgan fingerprint density at radius 2 is 2.14 bits per heavy atom. The van der Waals surface area contributed by atoms with Crippen molar-refractivity contribution in [3.63, 3.8) is 0 Å². The highest BCUT2D eigenvalue weighted by Gasteiger charge is 2.25. The Balaban J connectivity index is 3.09. The lowest BCUT2D eigenvalue weighted by Gasteiger charge is -2.30. The predicted molar refractivity (Wildman–Crippen MR) is 81.0 cm³/mol. The first-order valence-electron chi connectivity index (χ1n) is 7.22. The molecule has 0 atom stereocenters. The van der Waals surface area contributed by atoms with Crippen LogP contribution in [0.5, 0.6) is 0 Å². The summed E-state index contributed by atoms with van der Waals surface area (Å²) in [6.45, 7) is 4.90. The molecular formula is C15H24FN3O2. The van der Waals surface area contributed by atoms with Crippen LogP contribution in [0.15, 0.2) is 12.3 Å². The largest absolute Gasteiger partial charge is 0.383 e. The number of nitrogens with one attached hydrogen (secondary N) is 1. The minimum Gasteiger partial charge on any atom is -0.383 e. The average Bonchev–Trinajstić information content (AvgIpc) is 2.51. The van der Waals surface area contributed by atoms with Crippen molar-refractivity contribution in [2.24, 2.45) is 0 Å². The topological polar surface area (TPSA) is 54.5 Å². The smallest absolute Gasteiger partial charge is 0.257 e. The summed E-state index contributed by atoms with van der Waals surface area (Å²) in [5.74, 6) is -0.854. The van der Waals surface area contributed by atoms with Gasteiger partial charge in [0.1, 0.15) is 0 Å². The third-order valence-corrected chi connectivity index (χ3v) is 3.54. The number of amides is 1. The number of halogens is 1. The van der Waals surface area contributed by atoms with E-state index in [9.17, 15) is 9.18 Å². The fourth-order valence-corrected chi connectivity index (χ4v) is 2.31. The molecule has 0 spiro atoms. The lowest BCUT2D eigenvalue weighted by atomic mass is 10.1. The van der Waals surface area contributed by atoms with Gasteiger partial charge in [-0.05, 0) is 18.9 Å². The van der Waals surface area contributed by atoms with Gasteiger partial charge in [-0.25, -0.2) is 9.37 Å². The van der Waals surface area contributed by atoms with E-state index in [1.54, 1.807) is 19.1 Å². The van der Waals surface area contributed by atoms with E-state index in [-0.39, 0.29) is 23.3 Å². The van der Waals surface area contributed by atoms with Gasteiger partial charge in [0.05, 0.1) is 12.2 Å². The molecule has 0 aliphatic rings. The predicted octanol–water partition coefficient (Wildman–Crippen LogP) is 2.54. The molecule has 0 radical (unpaired) electrons. The van der Waals surface area contributed by atoms with Crippen LogP contribution in [0, 0.1) is 5.82 Å². The second-order valence-corrected chi connectivity index (χ2v) is 4.73. The van der Waals surface area contributed by atoms with Crippen molar-refractivity contribution in [1.29, 1.82) is 0 Å². The van der Waals surface area contributed by atoms with Gasteiger partial charge < -0.3 is 15.0 Å². The zero-order valence-electron chi connectivity index (χ0n) is 13.1. The second-order valence-electron chi connectivity index (χ2n) is 4.73. The maximum Gasteiger partial charge on any atom is 0.257 e. The fourth-order valence-electron chi connectivity index (χ4n) is 2.31. The lowest BCUT2D eigenvalue weighted by molar-refractivity contribution is 0.0585. The molecule has 5 nitrogen and oxygen atoms in total. The van der Waals surface area contributed by atoms with Crippen LogP contribution in [0.3, 0.4) is 0 Å². The molecule has 1 rings (SSSR count). The fraction of sp³-hybridized carbons (Fsp3) is 0.600. The van der Waals surface area contributed by atoms with E-state index in [0.29, 0.717) is 13.2 Å². The molecule has 0 fully saturated rings. The number of carbonyl (C=O) groups excluding carboxylic acids is 1. The van der Waals surface area contributed by atoms with Crippen LogP contribution in [0.2, 0.25) is 0 Å². The van der Waals surface area contributed by atoms with Crippen LogP contribution in [0.25, 0.3) is 0 Å². The van der Waals surface area contributed by atoms with Crippen LogP contribution in [-0.4, -0.2) is 49.1 Å².